The third-order valence-corrected chi connectivity index (χ3v) is 6.00. The van der Waals surface area contributed by atoms with Crippen LogP contribution in [0.4, 0.5) is 14.9 Å². The number of carbonyl (C=O) groups is 3. The van der Waals surface area contributed by atoms with Gasteiger partial charge in [-0.05, 0) is 46.9 Å². The van der Waals surface area contributed by atoms with E-state index in [1.54, 1.807) is 0 Å². The highest BCUT2D eigenvalue weighted by Gasteiger charge is 2.29. The lowest BCUT2D eigenvalue weighted by Crippen LogP contribution is -2.44. The number of anilines is 1. The second-order valence-corrected chi connectivity index (χ2v) is 8.30. The first-order valence-electron chi connectivity index (χ1n) is 11.3. The molecule has 1 atom stereocenters. The highest BCUT2D eigenvalue weighted by Crippen LogP contribution is 2.44. The number of carbonyl (C=O) groups excluding carboxylic acids is 2. The van der Waals surface area contributed by atoms with Crippen molar-refractivity contribution in [2.45, 2.75) is 31.7 Å². The van der Waals surface area contributed by atoms with E-state index in [0.717, 1.165) is 28.3 Å². The van der Waals surface area contributed by atoms with Crippen molar-refractivity contribution in [2.24, 2.45) is 0 Å². The third kappa shape index (κ3) is 5.16. The van der Waals surface area contributed by atoms with Crippen molar-refractivity contribution in [3.8, 4) is 11.1 Å². The van der Waals surface area contributed by atoms with Crippen LogP contribution in [0.15, 0.2) is 66.7 Å². The molecule has 0 radical (unpaired) electrons. The Kier molecular flexibility index (Phi) is 7.10. The number of halogens is 1. The zero-order valence-corrected chi connectivity index (χ0v) is 19.1. The Hall–Kier alpha value is -4.20. The molecule has 7 nitrogen and oxygen atoms in total. The minimum atomic E-state index is -1.28. The summed E-state index contributed by atoms with van der Waals surface area (Å²) >= 11 is 0. The van der Waals surface area contributed by atoms with Crippen molar-refractivity contribution < 1.29 is 28.6 Å². The van der Waals surface area contributed by atoms with Gasteiger partial charge in [0.05, 0.1) is 11.3 Å². The summed E-state index contributed by atoms with van der Waals surface area (Å²) in [5.74, 6) is -2.90. The molecule has 1 aliphatic carbocycles. The summed E-state index contributed by atoms with van der Waals surface area (Å²) in [6.07, 6.45) is 0.148. The zero-order chi connectivity index (χ0) is 24.9. The molecule has 1 unspecified atom stereocenters. The van der Waals surface area contributed by atoms with Crippen molar-refractivity contribution in [1.82, 2.24) is 5.32 Å². The maximum atomic E-state index is 14.2. The molecule has 1 aliphatic rings. The topological polar surface area (TPSA) is 105 Å². The van der Waals surface area contributed by atoms with Crippen molar-refractivity contribution in [3.63, 3.8) is 0 Å². The largest absolute Gasteiger partial charge is 0.478 e. The first-order chi connectivity index (χ1) is 16.9. The number of aromatic carboxylic acids is 1. The summed E-state index contributed by atoms with van der Waals surface area (Å²) < 4.78 is 19.7. The normalized spacial score (nSPS) is 12.9. The molecular weight excluding hydrogens is 451 g/mol. The quantitative estimate of drug-likeness (QED) is 0.416. The van der Waals surface area contributed by atoms with E-state index in [2.05, 4.69) is 10.6 Å². The summed E-state index contributed by atoms with van der Waals surface area (Å²) in [6, 6.07) is 18.2. The lowest BCUT2D eigenvalue weighted by molar-refractivity contribution is -0.118. The van der Waals surface area contributed by atoms with E-state index in [1.807, 2.05) is 55.5 Å². The summed E-state index contributed by atoms with van der Waals surface area (Å²) in [4.78, 5) is 36.3. The van der Waals surface area contributed by atoms with Gasteiger partial charge in [-0.3, -0.25) is 4.79 Å². The van der Waals surface area contributed by atoms with Crippen LogP contribution in [0.1, 0.15) is 47.2 Å². The van der Waals surface area contributed by atoms with Gasteiger partial charge in [-0.15, -0.1) is 0 Å². The summed E-state index contributed by atoms with van der Waals surface area (Å²) in [5, 5.41) is 13.9. The van der Waals surface area contributed by atoms with Gasteiger partial charge < -0.3 is 20.5 Å². The average molecular weight is 477 g/mol. The number of nitrogens with one attached hydrogen (secondary N) is 2. The van der Waals surface area contributed by atoms with Crippen LogP contribution in [0, 0.1) is 5.82 Å². The number of ether oxygens (including phenoxy) is 1. The molecule has 8 heteroatoms. The van der Waals surface area contributed by atoms with Crippen molar-refractivity contribution in [3.05, 3.63) is 89.2 Å². The van der Waals surface area contributed by atoms with Crippen LogP contribution in [0.25, 0.3) is 11.1 Å². The first-order valence-corrected chi connectivity index (χ1v) is 11.3. The van der Waals surface area contributed by atoms with Crippen LogP contribution in [-0.4, -0.2) is 35.7 Å². The Balaban J connectivity index is 1.41. The van der Waals surface area contributed by atoms with Gasteiger partial charge in [0.1, 0.15) is 18.5 Å². The lowest BCUT2D eigenvalue weighted by Gasteiger charge is -2.19. The van der Waals surface area contributed by atoms with Crippen molar-refractivity contribution in [2.75, 3.05) is 11.9 Å². The van der Waals surface area contributed by atoms with Gasteiger partial charge in [0, 0.05) is 5.92 Å². The molecule has 0 aromatic heterocycles. The summed E-state index contributed by atoms with van der Waals surface area (Å²) in [6.45, 7) is 1.95. The van der Waals surface area contributed by atoms with Gasteiger partial charge >= 0.3 is 12.1 Å². The molecule has 180 valence electrons. The minimum Gasteiger partial charge on any atom is -0.478 e. The Bertz CT molecular complexity index is 1230. The predicted octanol–water partition coefficient (Wildman–Crippen LogP) is 5.17. The maximum absolute atomic E-state index is 14.2. The van der Waals surface area contributed by atoms with E-state index in [1.165, 1.54) is 12.1 Å². The fourth-order valence-electron chi connectivity index (χ4n) is 4.31. The number of fused-ring (bicyclic) bond motifs is 3. The molecule has 3 aromatic carbocycles. The van der Waals surface area contributed by atoms with E-state index >= 15 is 0 Å². The Labute approximate surface area is 201 Å². The molecule has 0 bridgehead atoms. The fraction of sp³-hybridized carbons (Fsp3) is 0.222. The Morgan fingerprint density at radius 3 is 2.20 bits per heavy atom. The highest BCUT2D eigenvalue weighted by molar-refractivity contribution is 5.97. The standard InChI is InChI=1S/C27H25FN2O5/c1-2-7-24(25(31)29-23-13-12-16(26(32)33)14-22(23)28)30-27(34)35-15-21-19-10-5-3-8-17(19)18-9-4-6-11-20(18)21/h3-6,8-14,21,24H,2,7,15H2,1H3,(H,29,31)(H,30,34)(H,32,33). The zero-order valence-electron chi connectivity index (χ0n) is 19.1. The monoisotopic (exact) mass is 476 g/mol. The van der Waals surface area contributed by atoms with E-state index in [9.17, 15) is 18.8 Å². The lowest BCUT2D eigenvalue weighted by atomic mass is 9.98. The van der Waals surface area contributed by atoms with E-state index < -0.39 is 29.8 Å². The second kappa shape index (κ2) is 10.4. The van der Waals surface area contributed by atoms with Crippen LogP contribution >= 0.6 is 0 Å². The summed E-state index contributed by atoms with van der Waals surface area (Å²) in [7, 11) is 0. The third-order valence-electron chi connectivity index (χ3n) is 6.00. The molecular formula is C27H25FN2O5. The molecule has 0 aliphatic heterocycles. The van der Waals surface area contributed by atoms with Gasteiger partial charge in [0.2, 0.25) is 5.91 Å². The predicted molar refractivity (Wildman–Crippen MR) is 129 cm³/mol. The Morgan fingerprint density at radius 1 is 1.00 bits per heavy atom. The van der Waals surface area contributed by atoms with Crippen molar-refractivity contribution in [1.29, 1.82) is 0 Å². The van der Waals surface area contributed by atoms with Crippen LogP contribution in [0.2, 0.25) is 0 Å². The molecule has 0 heterocycles. The van der Waals surface area contributed by atoms with Crippen LogP contribution in [0.5, 0.6) is 0 Å². The second-order valence-electron chi connectivity index (χ2n) is 8.30. The minimum absolute atomic E-state index is 0.103. The van der Waals surface area contributed by atoms with Gasteiger partial charge in [0.25, 0.3) is 0 Å². The Morgan fingerprint density at radius 2 is 1.63 bits per heavy atom. The molecule has 3 N–H and O–H groups in total. The van der Waals surface area contributed by atoms with Crippen molar-refractivity contribution >= 4 is 23.7 Å². The van der Waals surface area contributed by atoms with Gasteiger partial charge in [-0.2, -0.15) is 0 Å². The van der Waals surface area contributed by atoms with Crippen LogP contribution in [0.3, 0.4) is 0 Å². The SMILES string of the molecule is CCCC(NC(=O)OCC1c2ccccc2-c2ccccc21)C(=O)Nc1ccc(C(=O)O)cc1F. The number of amides is 2. The molecule has 0 fully saturated rings. The molecule has 0 saturated carbocycles. The summed E-state index contributed by atoms with van der Waals surface area (Å²) in [5.41, 5.74) is 3.96. The van der Waals surface area contributed by atoms with E-state index in [-0.39, 0.29) is 23.8 Å². The molecule has 3 aromatic rings. The molecule has 0 saturated heterocycles. The van der Waals surface area contributed by atoms with Gasteiger partial charge in [0.15, 0.2) is 0 Å². The molecule has 35 heavy (non-hydrogen) atoms. The number of carboxylic acids is 1. The fourth-order valence-corrected chi connectivity index (χ4v) is 4.31. The highest BCUT2D eigenvalue weighted by atomic mass is 19.1. The number of carboxylic acid groups (broad SMARTS) is 1. The number of hydrogen-bond acceptors (Lipinski definition) is 4. The maximum Gasteiger partial charge on any atom is 0.407 e. The number of alkyl carbamates (subject to hydrolysis) is 1. The van der Waals surface area contributed by atoms with Gasteiger partial charge in [-0.1, -0.05) is 61.9 Å². The van der Waals surface area contributed by atoms with E-state index in [0.29, 0.717) is 12.8 Å². The average Bonchev–Trinajstić information content (AvgIpc) is 3.17. The molecule has 2 amide bonds. The molecule has 0 spiro atoms. The van der Waals surface area contributed by atoms with Gasteiger partial charge in [-0.25, -0.2) is 14.0 Å². The number of benzene rings is 3. The molecule has 4 rings (SSSR count). The first kappa shape index (κ1) is 23.9. The number of rotatable bonds is 8. The number of hydrogen-bond donors (Lipinski definition) is 3. The smallest absolute Gasteiger partial charge is 0.407 e. The van der Waals surface area contributed by atoms with E-state index in [4.69, 9.17) is 9.84 Å². The van der Waals surface area contributed by atoms with Crippen LogP contribution in [-0.2, 0) is 9.53 Å². The van der Waals surface area contributed by atoms with Crippen LogP contribution < -0.4 is 10.6 Å².